The summed E-state index contributed by atoms with van der Waals surface area (Å²) in [6.45, 7) is 1.38. The van der Waals surface area contributed by atoms with E-state index in [4.69, 9.17) is 14.4 Å². The SMILES string of the molecule is O=S(=O)(O)CCNc1cnn(CCOCCO)c1. The molecule has 0 unspecified atom stereocenters. The summed E-state index contributed by atoms with van der Waals surface area (Å²) in [7, 11) is -3.94. The molecule has 0 fully saturated rings. The number of anilines is 1. The van der Waals surface area contributed by atoms with E-state index in [0.717, 1.165) is 0 Å². The summed E-state index contributed by atoms with van der Waals surface area (Å²) in [5.74, 6) is -0.349. The minimum Gasteiger partial charge on any atom is -0.394 e. The molecule has 104 valence electrons. The summed E-state index contributed by atoms with van der Waals surface area (Å²) in [4.78, 5) is 0. The van der Waals surface area contributed by atoms with E-state index in [2.05, 4.69) is 10.4 Å². The molecule has 0 aliphatic rings. The van der Waals surface area contributed by atoms with Crippen LogP contribution in [0.15, 0.2) is 12.4 Å². The number of rotatable bonds is 9. The Kier molecular flexibility index (Phi) is 6.05. The zero-order valence-electron chi connectivity index (χ0n) is 9.82. The molecular formula is C9H17N3O5S. The Bertz CT molecular complexity index is 445. The van der Waals surface area contributed by atoms with Crippen LogP contribution in [0.5, 0.6) is 0 Å². The Morgan fingerprint density at radius 1 is 1.44 bits per heavy atom. The average Bonchev–Trinajstić information content (AvgIpc) is 2.71. The molecule has 0 aromatic carbocycles. The molecular weight excluding hydrogens is 262 g/mol. The summed E-state index contributed by atoms with van der Waals surface area (Å²) >= 11 is 0. The number of aliphatic hydroxyl groups is 1. The van der Waals surface area contributed by atoms with E-state index >= 15 is 0 Å². The van der Waals surface area contributed by atoms with Crippen molar-refractivity contribution < 1.29 is 22.8 Å². The minimum atomic E-state index is -3.94. The second-order valence-corrected chi connectivity index (χ2v) is 5.11. The van der Waals surface area contributed by atoms with Gasteiger partial charge in [-0.15, -0.1) is 0 Å². The number of nitrogens with zero attached hydrogens (tertiary/aromatic N) is 2. The van der Waals surface area contributed by atoms with Crippen LogP contribution in [0.3, 0.4) is 0 Å². The second-order valence-electron chi connectivity index (χ2n) is 3.54. The fourth-order valence-corrected chi connectivity index (χ4v) is 1.59. The normalized spacial score (nSPS) is 11.7. The molecule has 0 atom stereocenters. The molecule has 0 saturated heterocycles. The molecule has 0 radical (unpaired) electrons. The molecule has 1 aromatic rings. The number of ether oxygens (including phenoxy) is 1. The van der Waals surface area contributed by atoms with Gasteiger partial charge in [-0.1, -0.05) is 0 Å². The van der Waals surface area contributed by atoms with Gasteiger partial charge in [-0.3, -0.25) is 9.23 Å². The van der Waals surface area contributed by atoms with Gasteiger partial charge in [0, 0.05) is 12.7 Å². The van der Waals surface area contributed by atoms with Crippen LogP contribution in [0.2, 0.25) is 0 Å². The number of aromatic nitrogens is 2. The molecule has 18 heavy (non-hydrogen) atoms. The molecule has 0 spiro atoms. The third kappa shape index (κ3) is 6.55. The third-order valence-electron chi connectivity index (χ3n) is 2.02. The van der Waals surface area contributed by atoms with Crippen LogP contribution in [-0.2, 0) is 21.4 Å². The fraction of sp³-hybridized carbons (Fsp3) is 0.667. The van der Waals surface area contributed by atoms with Crippen molar-refractivity contribution in [1.29, 1.82) is 0 Å². The highest BCUT2D eigenvalue weighted by Gasteiger charge is 2.04. The van der Waals surface area contributed by atoms with Crippen molar-refractivity contribution in [3.8, 4) is 0 Å². The Hall–Kier alpha value is -1.16. The lowest BCUT2D eigenvalue weighted by molar-refractivity contribution is 0.0854. The van der Waals surface area contributed by atoms with Crippen LogP contribution in [0.1, 0.15) is 0 Å². The number of nitrogens with one attached hydrogen (secondary N) is 1. The van der Waals surface area contributed by atoms with Crippen molar-refractivity contribution in [1.82, 2.24) is 9.78 Å². The zero-order valence-corrected chi connectivity index (χ0v) is 10.6. The van der Waals surface area contributed by atoms with E-state index in [1.165, 1.54) is 0 Å². The van der Waals surface area contributed by atoms with Gasteiger partial charge >= 0.3 is 0 Å². The van der Waals surface area contributed by atoms with E-state index in [1.807, 2.05) is 0 Å². The van der Waals surface area contributed by atoms with E-state index < -0.39 is 10.1 Å². The molecule has 1 rings (SSSR count). The molecule has 0 aliphatic heterocycles. The van der Waals surface area contributed by atoms with Crippen LogP contribution in [0.4, 0.5) is 5.69 Å². The standard InChI is InChI=1S/C9H17N3O5S/c13-3-5-17-4-2-12-8-9(7-11-12)10-1-6-18(14,15)16/h7-8,10,13H,1-6H2,(H,14,15,16). The van der Waals surface area contributed by atoms with Crippen molar-refractivity contribution in [2.75, 3.05) is 37.4 Å². The Morgan fingerprint density at radius 2 is 2.22 bits per heavy atom. The quantitative estimate of drug-likeness (QED) is 0.400. The van der Waals surface area contributed by atoms with Crippen molar-refractivity contribution in [2.45, 2.75) is 6.54 Å². The van der Waals surface area contributed by atoms with E-state index in [-0.39, 0.29) is 18.9 Å². The van der Waals surface area contributed by atoms with Crippen LogP contribution < -0.4 is 5.32 Å². The van der Waals surface area contributed by atoms with Crippen LogP contribution in [-0.4, -0.2) is 60.0 Å². The smallest absolute Gasteiger partial charge is 0.266 e. The van der Waals surface area contributed by atoms with Crippen LogP contribution in [0, 0.1) is 0 Å². The van der Waals surface area contributed by atoms with Crippen LogP contribution >= 0.6 is 0 Å². The van der Waals surface area contributed by atoms with Gasteiger partial charge in [0.25, 0.3) is 10.1 Å². The highest BCUT2D eigenvalue weighted by molar-refractivity contribution is 7.85. The van der Waals surface area contributed by atoms with Crippen molar-refractivity contribution in [3.63, 3.8) is 0 Å². The van der Waals surface area contributed by atoms with Gasteiger partial charge in [0.2, 0.25) is 0 Å². The largest absolute Gasteiger partial charge is 0.394 e. The van der Waals surface area contributed by atoms with E-state index in [1.54, 1.807) is 17.1 Å². The van der Waals surface area contributed by atoms with Gasteiger partial charge in [0.15, 0.2) is 0 Å². The number of aliphatic hydroxyl groups excluding tert-OH is 1. The van der Waals surface area contributed by atoms with Crippen LogP contribution in [0.25, 0.3) is 0 Å². The van der Waals surface area contributed by atoms with Crippen molar-refractivity contribution >= 4 is 15.8 Å². The molecule has 1 aromatic heterocycles. The Balaban J connectivity index is 2.26. The summed E-state index contributed by atoms with van der Waals surface area (Å²) in [6, 6.07) is 0. The molecule has 0 aliphatic carbocycles. The Labute approximate surface area is 105 Å². The predicted octanol–water partition coefficient (Wildman–Crippen LogP) is -0.808. The summed E-state index contributed by atoms with van der Waals surface area (Å²) in [6.07, 6.45) is 3.25. The first kappa shape index (κ1) is 14.9. The molecule has 0 saturated carbocycles. The molecule has 0 amide bonds. The van der Waals surface area contributed by atoms with Gasteiger partial charge in [-0.05, 0) is 0 Å². The van der Waals surface area contributed by atoms with Crippen molar-refractivity contribution in [2.24, 2.45) is 0 Å². The Morgan fingerprint density at radius 3 is 2.89 bits per heavy atom. The minimum absolute atomic E-state index is 0.0124. The van der Waals surface area contributed by atoms with Gasteiger partial charge in [0.05, 0.1) is 44.0 Å². The van der Waals surface area contributed by atoms with E-state index in [0.29, 0.717) is 25.4 Å². The van der Waals surface area contributed by atoms with Gasteiger partial charge in [-0.2, -0.15) is 13.5 Å². The first-order chi connectivity index (χ1) is 8.51. The molecule has 8 nitrogen and oxygen atoms in total. The summed E-state index contributed by atoms with van der Waals surface area (Å²) < 4.78 is 36.2. The lowest BCUT2D eigenvalue weighted by Crippen LogP contribution is -2.14. The fourth-order valence-electron chi connectivity index (χ4n) is 1.23. The van der Waals surface area contributed by atoms with Gasteiger partial charge < -0.3 is 15.2 Å². The summed E-state index contributed by atoms with van der Waals surface area (Å²) in [5, 5.41) is 15.4. The maximum Gasteiger partial charge on any atom is 0.266 e. The molecule has 3 N–H and O–H groups in total. The first-order valence-corrected chi connectivity index (χ1v) is 7.02. The maximum absolute atomic E-state index is 10.5. The highest BCUT2D eigenvalue weighted by Crippen LogP contribution is 2.04. The lowest BCUT2D eigenvalue weighted by Gasteiger charge is -2.02. The topological polar surface area (TPSA) is 114 Å². The number of hydrogen-bond donors (Lipinski definition) is 3. The van der Waals surface area contributed by atoms with Crippen molar-refractivity contribution in [3.05, 3.63) is 12.4 Å². The predicted molar refractivity (Wildman–Crippen MR) is 65.0 cm³/mol. The zero-order chi connectivity index (χ0) is 13.4. The lowest BCUT2D eigenvalue weighted by atomic mass is 10.5. The average molecular weight is 279 g/mol. The first-order valence-electron chi connectivity index (χ1n) is 5.41. The maximum atomic E-state index is 10.5. The van der Waals surface area contributed by atoms with Gasteiger partial charge in [0.1, 0.15) is 0 Å². The molecule has 0 bridgehead atoms. The highest BCUT2D eigenvalue weighted by atomic mass is 32.2. The monoisotopic (exact) mass is 279 g/mol. The third-order valence-corrected chi connectivity index (χ3v) is 2.74. The molecule has 1 heterocycles. The molecule has 9 heteroatoms. The van der Waals surface area contributed by atoms with E-state index in [9.17, 15) is 8.42 Å². The number of hydrogen-bond acceptors (Lipinski definition) is 6. The van der Waals surface area contributed by atoms with Gasteiger partial charge in [-0.25, -0.2) is 0 Å². The second kappa shape index (κ2) is 7.31. The summed E-state index contributed by atoms with van der Waals surface area (Å²) in [5.41, 5.74) is 0.667.